The van der Waals surface area contributed by atoms with Crippen molar-refractivity contribution in [2.45, 2.75) is 0 Å². The molecule has 20 heavy (non-hydrogen) atoms. The molecule has 0 fully saturated rings. The fourth-order valence-corrected chi connectivity index (χ4v) is 2.21. The number of nitrogens with zero attached hydrogens (tertiary/aromatic N) is 4. The van der Waals surface area contributed by atoms with E-state index in [1.165, 1.54) is 0 Å². The van der Waals surface area contributed by atoms with Crippen LogP contribution in [0.5, 0.6) is 0 Å². The van der Waals surface area contributed by atoms with Crippen LogP contribution in [-0.4, -0.2) is 0 Å². The topological polar surface area (TPSA) is 95.2 Å². The van der Waals surface area contributed by atoms with Gasteiger partial charge >= 0.3 is 0 Å². The Morgan fingerprint density at radius 1 is 0.750 bits per heavy atom. The van der Waals surface area contributed by atoms with E-state index in [1.54, 1.807) is 24.3 Å². The highest BCUT2D eigenvalue weighted by atomic mass is 14.4. The van der Waals surface area contributed by atoms with Gasteiger partial charge in [-0.3, -0.25) is 0 Å². The maximum absolute atomic E-state index is 9.05. The number of fused-ring (bicyclic) bond motifs is 1. The molecule has 0 aromatic heterocycles. The summed E-state index contributed by atoms with van der Waals surface area (Å²) in [4.78, 5) is 0. The Kier molecular flexibility index (Phi) is 3.18. The summed E-state index contributed by atoms with van der Waals surface area (Å²) in [7, 11) is 0. The zero-order chi connectivity index (χ0) is 14.7. The van der Waals surface area contributed by atoms with Crippen molar-refractivity contribution in [1.82, 2.24) is 0 Å². The molecule has 1 aromatic carbocycles. The van der Waals surface area contributed by atoms with Gasteiger partial charge in [0.1, 0.15) is 35.4 Å². The van der Waals surface area contributed by atoms with E-state index in [0.29, 0.717) is 27.8 Å². The van der Waals surface area contributed by atoms with Crippen LogP contribution in [0.25, 0.3) is 11.1 Å². The number of hydrogen-bond donors (Lipinski definition) is 0. The van der Waals surface area contributed by atoms with Gasteiger partial charge in [0.25, 0.3) is 0 Å². The molecular weight excluding hydrogens is 248 g/mol. The Bertz CT molecular complexity index is 752. The number of allylic oxidation sites excluding steroid dienone is 5. The van der Waals surface area contributed by atoms with Gasteiger partial charge in [0.2, 0.25) is 0 Å². The average Bonchev–Trinajstić information content (AvgIpc) is 2.76. The Labute approximate surface area is 116 Å². The van der Waals surface area contributed by atoms with Crippen molar-refractivity contribution in [3.8, 4) is 24.3 Å². The highest BCUT2D eigenvalue weighted by Crippen LogP contribution is 2.46. The summed E-state index contributed by atoms with van der Waals surface area (Å²) < 4.78 is 0. The third-order valence-corrected chi connectivity index (χ3v) is 3.02. The largest absolute Gasteiger partial charge is 0.192 e. The zero-order valence-corrected chi connectivity index (χ0v) is 10.3. The molecule has 0 amide bonds. The molecule has 2 rings (SSSR count). The molecule has 4 heteroatoms. The smallest absolute Gasteiger partial charge is 0.138 e. The van der Waals surface area contributed by atoms with Gasteiger partial charge in [0, 0.05) is 11.1 Å². The number of hydrogen-bond acceptors (Lipinski definition) is 4. The second-order valence-corrected chi connectivity index (χ2v) is 3.97. The first-order valence-electron chi connectivity index (χ1n) is 5.58. The summed E-state index contributed by atoms with van der Waals surface area (Å²) in [5, 5.41) is 36.2. The molecule has 4 nitrogen and oxygen atoms in total. The van der Waals surface area contributed by atoms with E-state index >= 15 is 0 Å². The SMILES string of the molecule is C=C1C(=C(C#N)C#N)c2ccccc2C1=C(C#N)C#N. The summed E-state index contributed by atoms with van der Waals surface area (Å²) >= 11 is 0. The van der Waals surface area contributed by atoms with Gasteiger partial charge in [-0.05, 0) is 16.7 Å². The van der Waals surface area contributed by atoms with Crippen molar-refractivity contribution in [3.63, 3.8) is 0 Å². The Hall–Kier alpha value is -3.60. The van der Waals surface area contributed by atoms with E-state index in [4.69, 9.17) is 21.0 Å². The van der Waals surface area contributed by atoms with Crippen molar-refractivity contribution in [3.05, 3.63) is 58.7 Å². The average molecular weight is 254 g/mol. The van der Waals surface area contributed by atoms with Crippen molar-refractivity contribution in [1.29, 1.82) is 21.0 Å². The van der Waals surface area contributed by atoms with Gasteiger partial charge in [-0.25, -0.2) is 0 Å². The number of benzene rings is 1. The fraction of sp³-hybridized carbons (Fsp3) is 0. The lowest BCUT2D eigenvalue weighted by Crippen LogP contribution is -1.87. The van der Waals surface area contributed by atoms with Gasteiger partial charge in [-0.15, -0.1) is 0 Å². The molecule has 0 spiro atoms. The first-order chi connectivity index (χ1) is 9.69. The molecule has 0 bridgehead atoms. The van der Waals surface area contributed by atoms with Crippen LogP contribution in [0.2, 0.25) is 0 Å². The minimum atomic E-state index is -0.0762. The van der Waals surface area contributed by atoms with E-state index < -0.39 is 0 Å². The molecule has 1 aromatic rings. The molecule has 0 heterocycles. The van der Waals surface area contributed by atoms with Gasteiger partial charge in [0.05, 0.1) is 0 Å². The lowest BCUT2D eigenvalue weighted by molar-refractivity contribution is 1.46. The predicted octanol–water partition coefficient (Wildman–Crippen LogP) is 2.86. The Morgan fingerprint density at radius 2 is 1.10 bits per heavy atom. The second-order valence-electron chi connectivity index (χ2n) is 3.97. The summed E-state index contributed by atoms with van der Waals surface area (Å²) in [5.41, 5.74) is 2.29. The van der Waals surface area contributed by atoms with Crippen LogP contribution in [0.15, 0.2) is 47.6 Å². The molecule has 90 valence electrons. The van der Waals surface area contributed by atoms with Crippen molar-refractivity contribution in [2.75, 3.05) is 0 Å². The lowest BCUT2D eigenvalue weighted by Gasteiger charge is -2.00. The maximum atomic E-state index is 9.05. The van der Waals surface area contributed by atoms with Crippen LogP contribution >= 0.6 is 0 Å². The van der Waals surface area contributed by atoms with E-state index in [-0.39, 0.29) is 11.1 Å². The van der Waals surface area contributed by atoms with Gasteiger partial charge < -0.3 is 0 Å². The third kappa shape index (κ3) is 1.67. The van der Waals surface area contributed by atoms with Crippen LogP contribution in [-0.2, 0) is 0 Å². The van der Waals surface area contributed by atoms with Crippen LogP contribution in [0.3, 0.4) is 0 Å². The second kappa shape index (κ2) is 4.95. The quantitative estimate of drug-likeness (QED) is 0.665. The van der Waals surface area contributed by atoms with E-state index in [2.05, 4.69) is 6.58 Å². The molecule has 0 saturated heterocycles. The van der Waals surface area contributed by atoms with Crippen LogP contribution < -0.4 is 0 Å². The number of rotatable bonds is 0. The highest BCUT2D eigenvalue weighted by molar-refractivity contribution is 6.11. The first-order valence-corrected chi connectivity index (χ1v) is 5.58. The normalized spacial score (nSPS) is 11.7. The molecular formula is C16H6N4. The summed E-state index contributed by atoms with van der Waals surface area (Å²) in [6.07, 6.45) is 0. The third-order valence-electron chi connectivity index (χ3n) is 3.02. The standard InChI is InChI=1S/C16H6N4/c1-10-15(11(6-17)7-18)13-4-2-3-5-14(13)16(10)12(8-19)9-20/h2-5H,1H2. The van der Waals surface area contributed by atoms with Crippen LogP contribution in [0.1, 0.15) is 11.1 Å². The van der Waals surface area contributed by atoms with E-state index in [9.17, 15) is 0 Å². The van der Waals surface area contributed by atoms with Gasteiger partial charge in [-0.1, -0.05) is 30.8 Å². The van der Waals surface area contributed by atoms with Crippen molar-refractivity contribution >= 4 is 11.1 Å². The first kappa shape index (κ1) is 12.8. The number of nitriles is 4. The molecule has 0 unspecified atom stereocenters. The van der Waals surface area contributed by atoms with E-state index in [1.807, 2.05) is 24.3 Å². The van der Waals surface area contributed by atoms with Crippen molar-refractivity contribution < 1.29 is 0 Å². The molecule has 0 N–H and O–H groups in total. The Morgan fingerprint density at radius 3 is 1.40 bits per heavy atom. The molecule has 0 aliphatic heterocycles. The van der Waals surface area contributed by atoms with E-state index in [0.717, 1.165) is 0 Å². The maximum Gasteiger partial charge on any atom is 0.138 e. The minimum Gasteiger partial charge on any atom is -0.192 e. The van der Waals surface area contributed by atoms with Crippen LogP contribution in [0.4, 0.5) is 0 Å². The molecule has 0 atom stereocenters. The van der Waals surface area contributed by atoms with Crippen LogP contribution in [0, 0.1) is 45.3 Å². The predicted molar refractivity (Wildman–Crippen MR) is 71.9 cm³/mol. The highest BCUT2D eigenvalue weighted by Gasteiger charge is 2.30. The zero-order valence-electron chi connectivity index (χ0n) is 10.3. The molecule has 1 aliphatic rings. The Balaban J connectivity index is 2.96. The molecule has 1 aliphatic carbocycles. The molecule has 0 radical (unpaired) electrons. The van der Waals surface area contributed by atoms with Crippen molar-refractivity contribution in [2.24, 2.45) is 0 Å². The lowest BCUT2D eigenvalue weighted by atomic mass is 9.98. The van der Waals surface area contributed by atoms with Gasteiger partial charge in [-0.2, -0.15) is 21.0 Å². The minimum absolute atomic E-state index is 0.0762. The summed E-state index contributed by atoms with van der Waals surface area (Å²) in [6.45, 7) is 3.85. The summed E-state index contributed by atoms with van der Waals surface area (Å²) in [6, 6.07) is 14.3. The summed E-state index contributed by atoms with van der Waals surface area (Å²) in [5.74, 6) is 0. The monoisotopic (exact) mass is 254 g/mol. The van der Waals surface area contributed by atoms with Gasteiger partial charge in [0.15, 0.2) is 0 Å². The molecule has 0 saturated carbocycles. The fourth-order valence-electron chi connectivity index (χ4n) is 2.21.